The summed E-state index contributed by atoms with van der Waals surface area (Å²) in [6, 6.07) is 9.98. The number of aliphatic imine (C=N–C) groups is 2. The second-order valence-corrected chi connectivity index (χ2v) is 6.29. The van der Waals surface area contributed by atoms with Gasteiger partial charge in [0.15, 0.2) is 0 Å². The molecule has 3 N–H and O–H groups in total. The molecule has 0 bridgehead atoms. The molecule has 0 radical (unpaired) electrons. The molecule has 2 aromatic carbocycles. The van der Waals surface area contributed by atoms with Crippen LogP contribution in [0.4, 0.5) is 10.1 Å². The van der Waals surface area contributed by atoms with Crippen LogP contribution in [0.2, 0.25) is 0 Å². The van der Waals surface area contributed by atoms with Gasteiger partial charge in [0, 0.05) is 18.1 Å². The second kappa shape index (κ2) is 8.51. The van der Waals surface area contributed by atoms with E-state index in [-0.39, 0.29) is 18.2 Å². The van der Waals surface area contributed by atoms with Gasteiger partial charge >= 0.3 is 5.97 Å². The van der Waals surface area contributed by atoms with E-state index in [1.807, 2.05) is 0 Å². The predicted octanol–water partition coefficient (Wildman–Crippen LogP) is 2.20. The van der Waals surface area contributed by atoms with Crippen molar-refractivity contribution in [1.29, 1.82) is 0 Å². The summed E-state index contributed by atoms with van der Waals surface area (Å²) >= 11 is 0. The first kappa shape index (κ1) is 20.0. The molecule has 2 aromatic rings. The molecule has 29 heavy (non-hydrogen) atoms. The lowest BCUT2D eigenvalue weighted by molar-refractivity contribution is -0.137. The van der Waals surface area contributed by atoms with Crippen LogP contribution in [0.5, 0.6) is 5.75 Å². The Hall–Kier alpha value is -3.75. The summed E-state index contributed by atoms with van der Waals surface area (Å²) in [6.07, 6.45) is -0.380. The Labute approximate surface area is 166 Å². The number of carboxylic acids is 1. The van der Waals surface area contributed by atoms with Crippen molar-refractivity contribution in [2.24, 2.45) is 9.98 Å². The summed E-state index contributed by atoms with van der Waals surface area (Å²) in [5, 5.41) is 9.33. The lowest BCUT2D eigenvalue weighted by Crippen LogP contribution is -2.45. The van der Waals surface area contributed by atoms with Gasteiger partial charge in [-0.1, -0.05) is 12.1 Å². The first-order valence-electron chi connectivity index (χ1n) is 8.72. The number of carbonyl (C=O) groups excluding carboxylic acids is 1. The molecule has 1 amide bonds. The molecule has 1 atom stereocenters. The molecule has 3 rings (SSSR count). The normalized spacial score (nSPS) is 15.3. The monoisotopic (exact) mass is 398 g/mol. The van der Waals surface area contributed by atoms with Gasteiger partial charge in [-0.25, -0.2) is 9.38 Å². The average Bonchev–Trinajstić information content (AvgIpc) is 2.82. The van der Waals surface area contributed by atoms with Crippen LogP contribution in [-0.4, -0.2) is 41.7 Å². The van der Waals surface area contributed by atoms with Gasteiger partial charge in [0.05, 0.1) is 24.9 Å². The number of amidine groups is 1. The molecule has 0 saturated heterocycles. The van der Waals surface area contributed by atoms with E-state index < -0.39 is 17.8 Å². The number of nitrogens with one attached hydrogen (secondary N) is 2. The quantitative estimate of drug-likeness (QED) is 0.684. The largest absolute Gasteiger partial charge is 0.497 e. The maximum atomic E-state index is 13.9. The van der Waals surface area contributed by atoms with Crippen molar-refractivity contribution in [3.63, 3.8) is 0 Å². The van der Waals surface area contributed by atoms with Gasteiger partial charge in [0.25, 0.3) is 0 Å². The second-order valence-electron chi connectivity index (χ2n) is 6.29. The number of nitrogens with zero attached hydrogens (tertiary/aromatic N) is 2. The van der Waals surface area contributed by atoms with E-state index in [1.165, 1.54) is 26.2 Å². The zero-order valence-corrected chi connectivity index (χ0v) is 15.8. The Balaban J connectivity index is 2.20. The molecule has 0 spiro atoms. The van der Waals surface area contributed by atoms with Crippen LogP contribution in [0.3, 0.4) is 0 Å². The van der Waals surface area contributed by atoms with Gasteiger partial charge in [0.1, 0.15) is 23.4 Å². The standard InChI is InChI=1S/C20H19FN4O4/c1-11(26)24-25-20-17(10-18(27)28)22-19(12-4-3-5-13(21)8-12)15-9-14(29-2)6-7-16(15)23-20/h3-9,17H,10H2,1-2H3,(H,23,25)(H,24,26)(H,27,28). The number of amides is 1. The highest BCUT2D eigenvalue weighted by molar-refractivity contribution is 6.18. The number of fused-ring (bicyclic) bond motifs is 1. The van der Waals surface area contributed by atoms with Crippen LogP contribution in [0, 0.1) is 5.82 Å². The van der Waals surface area contributed by atoms with Crippen molar-refractivity contribution in [2.45, 2.75) is 19.4 Å². The van der Waals surface area contributed by atoms with Gasteiger partial charge in [-0.3, -0.25) is 25.4 Å². The third kappa shape index (κ3) is 4.75. The molecule has 0 aliphatic carbocycles. The van der Waals surface area contributed by atoms with Gasteiger partial charge in [-0.05, 0) is 30.3 Å². The molecule has 1 unspecified atom stereocenters. The van der Waals surface area contributed by atoms with Crippen LogP contribution in [0.25, 0.3) is 0 Å². The van der Waals surface area contributed by atoms with Crippen LogP contribution in [-0.2, 0) is 9.59 Å². The number of hydrogen-bond acceptors (Lipinski definition) is 6. The maximum Gasteiger partial charge on any atom is 0.306 e. The zero-order valence-electron chi connectivity index (χ0n) is 15.8. The molecule has 1 aliphatic rings. The number of carboxylic acid groups (broad SMARTS) is 1. The molecular formula is C20H19FN4O4. The van der Waals surface area contributed by atoms with Crippen molar-refractivity contribution < 1.29 is 23.8 Å². The van der Waals surface area contributed by atoms with Crippen molar-refractivity contribution >= 4 is 29.1 Å². The number of aliphatic carboxylic acids is 1. The molecule has 0 fully saturated rings. The summed E-state index contributed by atoms with van der Waals surface area (Å²) in [7, 11) is 1.51. The van der Waals surface area contributed by atoms with Crippen molar-refractivity contribution in [3.05, 3.63) is 59.4 Å². The summed E-state index contributed by atoms with van der Waals surface area (Å²) in [5.41, 5.74) is 6.89. The highest BCUT2D eigenvalue weighted by Crippen LogP contribution is 2.30. The number of ether oxygens (including phenoxy) is 1. The first-order valence-corrected chi connectivity index (χ1v) is 8.72. The maximum absolute atomic E-state index is 13.9. The minimum absolute atomic E-state index is 0.153. The Morgan fingerprint density at radius 2 is 2.03 bits per heavy atom. The lowest BCUT2D eigenvalue weighted by atomic mass is 10.00. The molecule has 9 heteroatoms. The fourth-order valence-corrected chi connectivity index (χ4v) is 2.86. The molecule has 8 nitrogen and oxygen atoms in total. The van der Waals surface area contributed by atoms with Gasteiger partial charge in [0.2, 0.25) is 5.91 Å². The smallest absolute Gasteiger partial charge is 0.306 e. The van der Waals surface area contributed by atoms with E-state index in [4.69, 9.17) is 4.74 Å². The van der Waals surface area contributed by atoms with Crippen molar-refractivity contribution in [3.8, 4) is 5.75 Å². The molecular weight excluding hydrogens is 379 g/mol. The van der Waals surface area contributed by atoms with E-state index >= 15 is 0 Å². The van der Waals surface area contributed by atoms with E-state index in [1.54, 1.807) is 30.3 Å². The number of carbonyl (C=O) groups is 2. The van der Waals surface area contributed by atoms with Crippen LogP contribution >= 0.6 is 0 Å². The van der Waals surface area contributed by atoms with E-state index in [0.29, 0.717) is 28.3 Å². The Morgan fingerprint density at radius 1 is 1.24 bits per heavy atom. The summed E-state index contributed by atoms with van der Waals surface area (Å²) in [6.45, 7) is 1.30. The molecule has 150 valence electrons. The Kier molecular flexibility index (Phi) is 5.87. The number of hydrogen-bond donors (Lipinski definition) is 3. The lowest BCUT2D eigenvalue weighted by Gasteiger charge is -2.15. The summed E-state index contributed by atoms with van der Waals surface area (Å²) in [4.78, 5) is 31.8. The summed E-state index contributed by atoms with van der Waals surface area (Å²) in [5.74, 6) is -1.24. The van der Waals surface area contributed by atoms with Crippen molar-refractivity contribution in [2.75, 3.05) is 7.11 Å². The number of methoxy groups -OCH3 is 1. The zero-order chi connectivity index (χ0) is 21.0. The van der Waals surface area contributed by atoms with Crippen LogP contribution in [0.1, 0.15) is 24.5 Å². The fraction of sp³-hybridized carbons (Fsp3) is 0.200. The van der Waals surface area contributed by atoms with Crippen LogP contribution < -0.4 is 15.6 Å². The highest BCUT2D eigenvalue weighted by atomic mass is 19.1. The number of hydrazine groups is 1. The fourth-order valence-electron chi connectivity index (χ4n) is 2.86. The average molecular weight is 398 g/mol. The minimum Gasteiger partial charge on any atom is -0.497 e. The van der Waals surface area contributed by atoms with Gasteiger partial charge in [-0.2, -0.15) is 0 Å². The third-order valence-electron chi connectivity index (χ3n) is 4.13. The number of halogens is 1. The van der Waals surface area contributed by atoms with Crippen LogP contribution in [0.15, 0.2) is 52.4 Å². The van der Waals surface area contributed by atoms with E-state index in [2.05, 4.69) is 20.8 Å². The number of benzene rings is 2. The molecule has 1 aliphatic heterocycles. The van der Waals surface area contributed by atoms with Crippen molar-refractivity contribution in [1.82, 2.24) is 10.9 Å². The molecule has 1 heterocycles. The Morgan fingerprint density at radius 3 is 2.69 bits per heavy atom. The third-order valence-corrected chi connectivity index (χ3v) is 4.13. The SMILES string of the molecule is COc1ccc2c(c1)C(c1cccc(F)c1)=NC(CC(=O)O)C(NNC(C)=O)=N2. The topological polar surface area (TPSA) is 112 Å². The molecule has 0 aromatic heterocycles. The van der Waals surface area contributed by atoms with E-state index in [0.717, 1.165) is 0 Å². The van der Waals surface area contributed by atoms with E-state index in [9.17, 15) is 19.1 Å². The molecule has 0 saturated carbocycles. The number of rotatable bonds is 4. The Bertz CT molecular complexity index is 1020. The summed E-state index contributed by atoms with van der Waals surface area (Å²) < 4.78 is 19.2. The highest BCUT2D eigenvalue weighted by Gasteiger charge is 2.26. The minimum atomic E-state index is -1.10. The predicted molar refractivity (Wildman–Crippen MR) is 105 cm³/mol. The van der Waals surface area contributed by atoms with Gasteiger partial charge in [-0.15, -0.1) is 0 Å². The van der Waals surface area contributed by atoms with Gasteiger partial charge < -0.3 is 9.84 Å². The first-order chi connectivity index (χ1) is 13.9.